The van der Waals surface area contributed by atoms with Crippen molar-refractivity contribution in [1.29, 1.82) is 0 Å². The lowest BCUT2D eigenvalue weighted by Crippen LogP contribution is -2.11. The summed E-state index contributed by atoms with van der Waals surface area (Å²) < 4.78 is 31.3. The van der Waals surface area contributed by atoms with Gasteiger partial charge in [0, 0.05) is 12.2 Å². The van der Waals surface area contributed by atoms with Crippen molar-refractivity contribution in [2.75, 3.05) is 26.4 Å². The molecule has 0 aromatic heterocycles. The summed E-state index contributed by atoms with van der Waals surface area (Å²) in [6.07, 6.45) is 8.62. The molecule has 54 heavy (non-hydrogen) atoms. The van der Waals surface area contributed by atoms with Crippen LogP contribution < -0.4 is 9.47 Å². The van der Waals surface area contributed by atoms with E-state index in [1.165, 1.54) is 24.3 Å². The lowest BCUT2D eigenvalue weighted by molar-refractivity contribution is -0.143. The summed E-state index contributed by atoms with van der Waals surface area (Å²) in [6.45, 7) is 7.95. The van der Waals surface area contributed by atoms with E-state index in [-0.39, 0.29) is 47.4 Å². The van der Waals surface area contributed by atoms with E-state index in [4.69, 9.17) is 28.4 Å². The third kappa shape index (κ3) is 17.0. The average molecular weight is 743 g/mol. The molecule has 0 amide bonds. The van der Waals surface area contributed by atoms with Crippen LogP contribution in [0.15, 0.2) is 98.1 Å². The van der Waals surface area contributed by atoms with Gasteiger partial charge in [-0.15, -0.1) is 0 Å². The maximum atomic E-state index is 12.7. The molecule has 286 valence electrons. The molecule has 12 heteroatoms. The maximum absolute atomic E-state index is 12.7. The number of carbonyl (C=O) groups is 6. The van der Waals surface area contributed by atoms with E-state index in [1.807, 2.05) is 0 Å². The average Bonchev–Trinajstić information content (AvgIpc) is 3.17. The summed E-state index contributed by atoms with van der Waals surface area (Å²) in [6, 6.07) is 18.9. The van der Waals surface area contributed by atoms with E-state index >= 15 is 0 Å². The van der Waals surface area contributed by atoms with Crippen LogP contribution in [0, 0.1) is 0 Å². The van der Waals surface area contributed by atoms with Gasteiger partial charge in [-0.25, -0.2) is 19.2 Å². The molecule has 0 fully saturated rings. The Balaban J connectivity index is 1.31. The van der Waals surface area contributed by atoms with Gasteiger partial charge in [-0.3, -0.25) is 9.59 Å². The fourth-order valence-corrected chi connectivity index (χ4v) is 4.81. The Morgan fingerprint density at radius 1 is 0.426 bits per heavy atom. The quantitative estimate of drug-likeness (QED) is 0.0309. The van der Waals surface area contributed by atoms with Gasteiger partial charge in [-0.05, 0) is 111 Å². The van der Waals surface area contributed by atoms with Gasteiger partial charge in [0.05, 0.1) is 50.4 Å². The monoisotopic (exact) mass is 742 g/mol. The summed E-state index contributed by atoms with van der Waals surface area (Å²) in [7, 11) is 0. The second-order valence-corrected chi connectivity index (χ2v) is 12.0. The first-order chi connectivity index (χ1) is 26.2. The van der Waals surface area contributed by atoms with Crippen molar-refractivity contribution in [2.24, 2.45) is 0 Å². The molecule has 3 aromatic carbocycles. The van der Waals surface area contributed by atoms with Crippen molar-refractivity contribution in [3.8, 4) is 11.5 Å². The SMILES string of the molecule is C=CC(=O)OCCCCCCOC(=O)Cc1ccc(C(=O)Oc2ccc(OC(=O)c3ccc(CC(=O)OCCCCCCOC(=O)C=C)cc3)cc2)cc1. The van der Waals surface area contributed by atoms with Crippen LogP contribution in [0.2, 0.25) is 0 Å². The van der Waals surface area contributed by atoms with Gasteiger partial charge in [0.25, 0.3) is 0 Å². The normalized spacial score (nSPS) is 10.4. The Labute approximate surface area is 315 Å². The predicted molar refractivity (Wildman–Crippen MR) is 198 cm³/mol. The molecule has 12 nitrogen and oxygen atoms in total. The number of esters is 6. The standard InChI is InChI=1S/C42H46O12/c1-3-37(43)49-25-9-5-7-11-27-51-39(45)29-31-13-17-33(18-14-31)41(47)53-35-21-23-36(24-22-35)54-42(48)34-19-15-32(16-20-34)30-40(46)52-28-12-8-6-10-26-50-38(44)4-2/h3-4,13-24H,1-2,5-12,25-30H2. The number of hydrogen-bond acceptors (Lipinski definition) is 12. The smallest absolute Gasteiger partial charge is 0.343 e. The summed E-state index contributed by atoms with van der Waals surface area (Å²) in [5.41, 5.74) is 1.95. The first-order valence-corrected chi connectivity index (χ1v) is 17.8. The van der Waals surface area contributed by atoms with Crippen LogP contribution in [0.4, 0.5) is 0 Å². The zero-order chi connectivity index (χ0) is 39.0. The molecule has 3 aromatic rings. The molecule has 0 atom stereocenters. The number of carbonyl (C=O) groups excluding carboxylic acids is 6. The van der Waals surface area contributed by atoms with E-state index in [1.54, 1.807) is 48.5 Å². The molecule has 0 N–H and O–H groups in total. The van der Waals surface area contributed by atoms with E-state index in [0.29, 0.717) is 50.4 Å². The molecule has 0 aliphatic heterocycles. The summed E-state index contributed by atoms with van der Waals surface area (Å²) in [5.74, 6) is -2.33. The van der Waals surface area contributed by atoms with Gasteiger partial charge in [-0.2, -0.15) is 0 Å². The fraction of sp³-hybridized carbons (Fsp3) is 0.333. The van der Waals surface area contributed by atoms with E-state index < -0.39 is 23.9 Å². The minimum absolute atomic E-state index is 0.0634. The summed E-state index contributed by atoms with van der Waals surface area (Å²) in [4.78, 5) is 71.7. The van der Waals surface area contributed by atoms with Gasteiger partial charge in [0.1, 0.15) is 11.5 Å². The number of benzene rings is 3. The Bertz CT molecular complexity index is 1570. The minimum atomic E-state index is -0.599. The van der Waals surface area contributed by atoms with Crippen LogP contribution in [-0.4, -0.2) is 62.2 Å². The van der Waals surface area contributed by atoms with Crippen LogP contribution in [0.5, 0.6) is 11.5 Å². The van der Waals surface area contributed by atoms with Crippen molar-refractivity contribution < 1.29 is 57.2 Å². The number of hydrogen-bond donors (Lipinski definition) is 0. The Morgan fingerprint density at radius 3 is 1.06 bits per heavy atom. The van der Waals surface area contributed by atoms with Crippen molar-refractivity contribution in [3.63, 3.8) is 0 Å². The van der Waals surface area contributed by atoms with Crippen molar-refractivity contribution in [1.82, 2.24) is 0 Å². The van der Waals surface area contributed by atoms with Gasteiger partial charge >= 0.3 is 35.8 Å². The lowest BCUT2D eigenvalue weighted by Gasteiger charge is -2.08. The van der Waals surface area contributed by atoms with Crippen molar-refractivity contribution in [2.45, 2.75) is 64.2 Å². The van der Waals surface area contributed by atoms with E-state index in [9.17, 15) is 28.8 Å². The Kier molecular flexibility index (Phi) is 19.0. The van der Waals surface area contributed by atoms with Crippen LogP contribution in [0.3, 0.4) is 0 Å². The second kappa shape index (κ2) is 24.2. The van der Waals surface area contributed by atoms with Gasteiger partial charge in [0.15, 0.2) is 0 Å². The van der Waals surface area contributed by atoms with Gasteiger partial charge < -0.3 is 28.4 Å². The molecule has 3 rings (SSSR count). The topological polar surface area (TPSA) is 158 Å². The van der Waals surface area contributed by atoms with E-state index in [2.05, 4.69) is 13.2 Å². The van der Waals surface area contributed by atoms with Crippen LogP contribution >= 0.6 is 0 Å². The highest BCUT2D eigenvalue weighted by atomic mass is 16.6. The predicted octanol–water partition coefficient (Wildman–Crippen LogP) is 6.88. The second-order valence-electron chi connectivity index (χ2n) is 12.0. The summed E-state index contributed by atoms with van der Waals surface area (Å²) >= 11 is 0. The van der Waals surface area contributed by atoms with Gasteiger partial charge in [0.2, 0.25) is 0 Å². The van der Waals surface area contributed by atoms with Crippen LogP contribution in [0.25, 0.3) is 0 Å². The number of rotatable bonds is 24. The summed E-state index contributed by atoms with van der Waals surface area (Å²) in [5, 5.41) is 0. The molecule has 0 radical (unpaired) electrons. The first kappa shape index (κ1) is 42.4. The van der Waals surface area contributed by atoms with Crippen LogP contribution in [0.1, 0.15) is 83.2 Å². The van der Waals surface area contributed by atoms with Gasteiger partial charge in [-0.1, -0.05) is 37.4 Å². The molecule has 0 saturated carbocycles. The molecular weight excluding hydrogens is 696 g/mol. The Hall–Kier alpha value is -6.04. The third-order valence-corrected chi connectivity index (χ3v) is 7.75. The maximum Gasteiger partial charge on any atom is 0.343 e. The molecule has 0 spiro atoms. The highest BCUT2D eigenvalue weighted by molar-refractivity contribution is 5.92. The van der Waals surface area contributed by atoms with Crippen LogP contribution in [-0.2, 0) is 51.0 Å². The minimum Gasteiger partial charge on any atom is -0.465 e. The van der Waals surface area contributed by atoms with Crippen molar-refractivity contribution >= 4 is 35.8 Å². The molecule has 0 unspecified atom stereocenters. The molecule has 0 aliphatic rings. The number of ether oxygens (including phenoxy) is 6. The fourth-order valence-electron chi connectivity index (χ4n) is 4.81. The van der Waals surface area contributed by atoms with E-state index in [0.717, 1.165) is 50.7 Å². The molecule has 0 heterocycles. The molecule has 0 saturated heterocycles. The lowest BCUT2D eigenvalue weighted by atomic mass is 10.1. The zero-order valence-electron chi connectivity index (χ0n) is 30.3. The highest BCUT2D eigenvalue weighted by Gasteiger charge is 2.13. The first-order valence-electron chi connectivity index (χ1n) is 17.8. The Morgan fingerprint density at radius 2 is 0.741 bits per heavy atom. The highest BCUT2D eigenvalue weighted by Crippen LogP contribution is 2.20. The largest absolute Gasteiger partial charge is 0.465 e. The molecule has 0 bridgehead atoms. The molecular formula is C42H46O12. The number of unbranched alkanes of at least 4 members (excludes halogenated alkanes) is 6. The zero-order valence-corrected chi connectivity index (χ0v) is 30.3. The molecule has 0 aliphatic carbocycles. The van der Waals surface area contributed by atoms with Crippen molar-refractivity contribution in [3.05, 3.63) is 120 Å². The third-order valence-electron chi connectivity index (χ3n) is 7.75.